The van der Waals surface area contributed by atoms with Crippen molar-refractivity contribution in [3.63, 3.8) is 0 Å². The van der Waals surface area contributed by atoms with Crippen LogP contribution in [0.2, 0.25) is 13.1 Å². The molecule has 0 spiro atoms. The lowest BCUT2D eigenvalue weighted by Crippen LogP contribution is -2.11. The maximum atomic E-state index is 5.84. The number of nitrogens with zero attached hydrogens (tertiary/aromatic N) is 2. The summed E-state index contributed by atoms with van der Waals surface area (Å²) in [6, 6.07) is 12.0. The monoisotopic (exact) mass is 283 g/mol. The molecule has 0 aliphatic rings. The van der Waals surface area contributed by atoms with Crippen LogP contribution in [-0.2, 0) is 6.42 Å². The molecular weight excluding hydrogens is 264 g/mol. The molecule has 103 valence electrons. The number of aliphatic imine (C=N–C) groups is 1. The van der Waals surface area contributed by atoms with Crippen molar-refractivity contribution < 1.29 is 4.43 Å². The van der Waals surface area contributed by atoms with Gasteiger partial charge in [-0.15, -0.1) is 0 Å². The van der Waals surface area contributed by atoms with E-state index in [2.05, 4.69) is 29.1 Å². The molecule has 0 bridgehead atoms. The first-order valence-electron chi connectivity index (χ1n) is 6.66. The summed E-state index contributed by atoms with van der Waals surface area (Å²) in [5.74, 6) is 0.861. The summed E-state index contributed by atoms with van der Waals surface area (Å²) in [5.41, 5.74) is 3.07. The average Bonchev–Trinajstić information content (AvgIpc) is 2.42. The van der Waals surface area contributed by atoms with E-state index >= 15 is 0 Å². The fourth-order valence-corrected chi connectivity index (χ4v) is 2.34. The van der Waals surface area contributed by atoms with E-state index in [1.165, 1.54) is 5.56 Å². The van der Waals surface area contributed by atoms with Crippen LogP contribution in [0.25, 0.3) is 0 Å². The Morgan fingerprint density at radius 1 is 1.20 bits per heavy atom. The third-order valence-corrected chi connectivity index (χ3v) is 3.31. The number of para-hydroxylation sites is 2. The maximum absolute atomic E-state index is 5.84. The summed E-state index contributed by atoms with van der Waals surface area (Å²) >= 11 is 0. The second-order valence-corrected chi connectivity index (χ2v) is 6.84. The summed E-state index contributed by atoms with van der Waals surface area (Å²) in [4.78, 5) is 8.87. The summed E-state index contributed by atoms with van der Waals surface area (Å²) in [6.45, 7) is 6.26. The highest BCUT2D eigenvalue weighted by molar-refractivity contribution is 6.49. The molecule has 1 radical (unpaired) electrons. The van der Waals surface area contributed by atoms with Crippen LogP contribution < -0.4 is 4.43 Å². The van der Waals surface area contributed by atoms with Gasteiger partial charge < -0.3 is 4.43 Å². The minimum Gasteiger partial charge on any atom is -0.541 e. The SMILES string of the molecule is Cc1ccc(CC=Nc2ccccc2O[Si](C)C)nc1. The fraction of sp³-hybridized carbons (Fsp3) is 0.250. The molecule has 0 atom stereocenters. The number of aryl methyl sites for hydroxylation is 1. The Morgan fingerprint density at radius 3 is 2.70 bits per heavy atom. The molecule has 1 aromatic heterocycles. The van der Waals surface area contributed by atoms with Crippen molar-refractivity contribution in [3.05, 3.63) is 53.9 Å². The van der Waals surface area contributed by atoms with Crippen molar-refractivity contribution >= 4 is 20.9 Å². The average molecular weight is 283 g/mol. The molecule has 0 aliphatic carbocycles. The molecule has 4 heteroatoms. The van der Waals surface area contributed by atoms with Gasteiger partial charge in [-0.05, 0) is 43.8 Å². The number of aromatic nitrogens is 1. The van der Waals surface area contributed by atoms with Gasteiger partial charge >= 0.3 is 0 Å². The van der Waals surface area contributed by atoms with Crippen LogP contribution in [0.1, 0.15) is 11.3 Å². The minimum absolute atomic E-state index is 0.727. The molecule has 0 saturated carbocycles. The summed E-state index contributed by atoms with van der Waals surface area (Å²) < 4.78 is 5.84. The molecule has 1 aromatic carbocycles. The zero-order valence-electron chi connectivity index (χ0n) is 12.1. The van der Waals surface area contributed by atoms with E-state index in [0.717, 1.165) is 23.6 Å². The highest BCUT2D eigenvalue weighted by Gasteiger charge is 2.04. The summed E-state index contributed by atoms with van der Waals surface area (Å²) in [6.07, 6.45) is 4.49. The zero-order chi connectivity index (χ0) is 14.4. The first kappa shape index (κ1) is 14.5. The third kappa shape index (κ3) is 4.31. The van der Waals surface area contributed by atoms with Gasteiger partial charge in [0.1, 0.15) is 11.4 Å². The standard InChI is InChI=1S/C16H19N2OSi/c1-13-8-9-14(18-12-13)10-11-17-15-6-4-5-7-16(15)19-20(2)3/h4-9,11-12H,10H2,1-3H3. The van der Waals surface area contributed by atoms with E-state index < -0.39 is 9.04 Å². The Labute approximate surface area is 122 Å². The summed E-state index contributed by atoms with van der Waals surface area (Å²) in [7, 11) is -0.776. The molecular formula is C16H19N2OSi. The Hall–Kier alpha value is -1.94. The zero-order valence-corrected chi connectivity index (χ0v) is 13.1. The quantitative estimate of drug-likeness (QED) is 0.615. The van der Waals surface area contributed by atoms with Crippen LogP contribution in [0.15, 0.2) is 47.6 Å². The van der Waals surface area contributed by atoms with Gasteiger partial charge in [0.2, 0.25) is 0 Å². The number of pyridine rings is 1. The van der Waals surface area contributed by atoms with E-state index in [0.29, 0.717) is 0 Å². The fourth-order valence-electron chi connectivity index (χ4n) is 1.73. The lowest BCUT2D eigenvalue weighted by molar-refractivity contribution is 0.582. The predicted octanol–water partition coefficient (Wildman–Crippen LogP) is 3.96. The molecule has 2 aromatic rings. The molecule has 0 aliphatic heterocycles. The van der Waals surface area contributed by atoms with Gasteiger partial charge in [-0.2, -0.15) is 0 Å². The number of hydrogen-bond donors (Lipinski definition) is 0. The number of benzene rings is 1. The summed E-state index contributed by atoms with van der Waals surface area (Å²) in [5, 5.41) is 0. The highest BCUT2D eigenvalue weighted by Crippen LogP contribution is 2.27. The van der Waals surface area contributed by atoms with Crippen molar-refractivity contribution in [2.45, 2.75) is 26.4 Å². The topological polar surface area (TPSA) is 34.5 Å². The third-order valence-electron chi connectivity index (χ3n) is 2.68. The van der Waals surface area contributed by atoms with Gasteiger partial charge in [-0.1, -0.05) is 18.2 Å². The second-order valence-electron chi connectivity index (χ2n) is 4.82. The van der Waals surface area contributed by atoms with Crippen LogP contribution in [0.3, 0.4) is 0 Å². The Balaban J connectivity index is 2.05. The molecule has 0 saturated heterocycles. The Kier molecular flexibility index (Phi) is 5.07. The van der Waals surface area contributed by atoms with Crippen LogP contribution in [0.5, 0.6) is 5.75 Å². The van der Waals surface area contributed by atoms with E-state index in [4.69, 9.17) is 4.43 Å². The van der Waals surface area contributed by atoms with Crippen molar-refractivity contribution in [1.29, 1.82) is 0 Å². The predicted molar refractivity (Wildman–Crippen MR) is 85.4 cm³/mol. The van der Waals surface area contributed by atoms with Gasteiger partial charge in [0.05, 0.1) is 0 Å². The van der Waals surface area contributed by atoms with Crippen molar-refractivity contribution in [2.24, 2.45) is 4.99 Å². The maximum Gasteiger partial charge on any atom is 0.274 e. The van der Waals surface area contributed by atoms with Crippen molar-refractivity contribution in [1.82, 2.24) is 4.98 Å². The number of hydrogen-bond acceptors (Lipinski definition) is 3. The lowest BCUT2D eigenvalue weighted by atomic mass is 10.2. The Bertz CT molecular complexity index is 579. The largest absolute Gasteiger partial charge is 0.541 e. The smallest absolute Gasteiger partial charge is 0.274 e. The van der Waals surface area contributed by atoms with Crippen LogP contribution in [0.4, 0.5) is 5.69 Å². The normalized spacial score (nSPS) is 11.2. The van der Waals surface area contributed by atoms with Gasteiger partial charge in [-0.3, -0.25) is 9.98 Å². The van der Waals surface area contributed by atoms with Crippen molar-refractivity contribution in [2.75, 3.05) is 0 Å². The van der Waals surface area contributed by atoms with Gasteiger partial charge in [0, 0.05) is 24.5 Å². The molecule has 1 heterocycles. The molecule has 2 rings (SSSR count). The van der Waals surface area contributed by atoms with E-state index in [-0.39, 0.29) is 0 Å². The minimum atomic E-state index is -0.776. The van der Waals surface area contributed by atoms with Gasteiger partial charge in [0.25, 0.3) is 9.04 Å². The molecule has 20 heavy (non-hydrogen) atoms. The van der Waals surface area contributed by atoms with E-state index in [9.17, 15) is 0 Å². The number of rotatable bonds is 5. The van der Waals surface area contributed by atoms with E-state index in [1.807, 2.05) is 49.7 Å². The second kappa shape index (κ2) is 7.00. The molecule has 3 nitrogen and oxygen atoms in total. The molecule has 0 amide bonds. The van der Waals surface area contributed by atoms with Gasteiger partial charge in [0.15, 0.2) is 0 Å². The first-order chi connectivity index (χ1) is 9.65. The molecule has 0 fully saturated rings. The molecule has 0 unspecified atom stereocenters. The van der Waals surface area contributed by atoms with Crippen LogP contribution in [-0.4, -0.2) is 20.2 Å². The van der Waals surface area contributed by atoms with Crippen LogP contribution >= 0.6 is 0 Å². The lowest BCUT2D eigenvalue weighted by Gasteiger charge is -2.10. The van der Waals surface area contributed by atoms with Crippen LogP contribution in [0, 0.1) is 6.92 Å². The van der Waals surface area contributed by atoms with Gasteiger partial charge in [-0.25, -0.2) is 0 Å². The molecule has 0 N–H and O–H groups in total. The van der Waals surface area contributed by atoms with Crippen molar-refractivity contribution in [3.8, 4) is 5.75 Å². The Morgan fingerprint density at radius 2 is 2.00 bits per heavy atom. The first-order valence-corrected chi connectivity index (χ1v) is 9.07. The van der Waals surface area contributed by atoms with E-state index in [1.54, 1.807) is 0 Å². The highest BCUT2D eigenvalue weighted by atomic mass is 28.3.